The highest BCUT2D eigenvalue weighted by Crippen LogP contribution is 2.14. The standard InChI is InChI=1S/C13H16F3NO3/c1-17(6-7-20-9-13(14,15)16)8-10-2-4-11(5-3-10)12(18)19/h2-5H,6-9H2,1H3,(H,18,19). The van der Waals surface area contributed by atoms with Crippen LogP contribution in [0, 0.1) is 0 Å². The summed E-state index contributed by atoms with van der Waals surface area (Å²) >= 11 is 0. The number of nitrogens with zero attached hydrogens (tertiary/aromatic N) is 1. The van der Waals surface area contributed by atoms with Gasteiger partial charge in [-0.05, 0) is 24.7 Å². The summed E-state index contributed by atoms with van der Waals surface area (Å²) < 4.78 is 40.0. The van der Waals surface area contributed by atoms with Crippen molar-refractivity contribution in [2.24, 2.45) is 0 Å². The van der Waals surface area contributed by atoms with Gasteiger partial charge in [-0.1, -0.05) is 12.1 Å². The molecule has 0 saturated carbocycles. The maximum absolute atomic E-state index is 11.8. The number of carbonyl (C=O) groups is 1. The number of ether oxygens (including phenoxy) is 1. The number of hydrogen-bond acceptors (Lipinski definition) is 3. The average molecular weight is 291 g/mol. The van der Waals surface area contributed by atoms with Gasteiger partial charge in [0.1, 0.15) is 6.61 Å². The Kier molecular flexibility index (Phi) is 5.97. The molecule has 112 valence electrons. The summed E-state index contributed by atoms with van der Waals surface area (Å²) in [5.74, 6) is -0.995. The molecule has 0 aliphatic rings. The van der Waals surface area contributed by atoms with Crippen molar-refractivity contribution in [3.8, 4) is 0 Å². The summed E-state index contributed by atoms with van der Waals surface area (Å²) in [7, 11) is 1.75. The molecule has 0 fully saturated rings. The van der Waals surface area contributed by atoms with Crippen molar-refractivity contribution in [2.75, 3.05) is 26.8 Å². The zero-order valence-corrected chi connectivity index (χ0v) is 11.0. The van der Waals surface area contributed by atoms with Crippen molar-refractivity contribution in [3.05, 3.63) is 35.4 Å². The molecule has 4 nitrogen and oxygen atoms in total. The second-order valence-electron chi connectivity index (χ2n) is 4.41. The Morgan fingerprint density at radius 1 is 1.30 bits per heavy atom. The number of carboxylic acid groups (broad SMARTS) is 1. The van der Waals surface area contributed by atoms with E-state index in [0.717, 1.165) is 5.56 Å². The van der Waals surface area contributed by atoms with Gasteiger partial charge >= 0.3 is 12.1 Å². The molecule has 0 aliphatic carbocycles. The third kappa shape index (κ3) is 6.53. The molecule has 20 heavy (non-hydrogen) atoms. The van der Waals surface area contributed by atoms with Crippen LogP contribution in [-0.4, -0.2) is 49.0 Å². The topological polar surface area (TPSA) is 49.8 Å². The molecule has 0 heterocycles. The SMILES string of the molecule is CN(CCOCC(F)(F)F)Cc1ccc(C(=O)O)cc1. The van der Waals surface area contributed by atoms with Crippen LogP contribution in [-0.2, 0) is 11.3 Å². The van der Waals surface area contributed by atoms with Gasteiger partial charge < -0.3 is 9.84 Å². The van der Waals surface area contributed by atoms with Gasteiger partial charge in [0.05, 0.1) is 12.2 Å². The summed E-state index contributed by atoms with van der Waals surface area (Å²) in [6, 6.07) is 6.34. The van der Waals surface area contributed by atoms with Crippen LogP contribution in [0.15, 0.2) is 24.3 Å². The number of carboxylic acids is 1. The first-order chi connectivity index (χ1) is 9.28. The highest BCUT2D eigenvalue weighted by molar-refractivity contribution is 5.87. The van der Waals surface area contributed by atoms with Crippen molar-refractivity contribution in [1.82, 2.24) is 4.90 Å². The van der Waals surface area contributed by atoms with E-state index < -0.39 is 18.8 Å². The predicted octanol–water partition coefficient (Wildman–Crippen LogP) is 2.40. The Bertz CT molecular complexity index is 431. The van der Waals surface area contributed by atoms with Gasteiger partial charge in [0.2, 0.25) is 0 Å². The summed E-state index contributed by atoms with van der Waals surface area (Å²) in [6.45, 7) is -0.386. The molecular formula is C13H16F3NO3. The number of alkyl halides is 3. The molecule has 0 amide bonds. The average Bonchev–Trinajstić information content (AvgIpc) is 2.34. The smallest absolute Gasteiger partial charge is 0.411 e. The lowest BCUT2D eigenvalue weighted by Crippen LogP contribution is -2.25. The maximum Gasteiger partial charge on any atom is 0.411 e. The third-order valence-corrected chi connectivity index (χ3v) is 2.54. The first kappa shape index (κ1) is 16.5. The molecular weight excluding hydrogens is 275 g/mol. The number of rotatable bonds is 7. The van der Waals surface area contributed by atoms with E-state index in [9.17, 15) is 18.0 Å². The first-order valence-corrected chi connectivity index (χ1v) is 5.93. The molecule has 1 aromatic rings. The molecule has 0 unspecified atom stereocenters. The van der Waals surface area contributed by atoms with Gasteiger partial charge in [-0.25, -0.2) is 4.79 Å². The van der Waals surface area contributed by atoms with E-state index >= 15 is 0 Å². The van der Waals surface area contributed by atoms with Crippen LogP contribution in [0.25, 0.3) is 0 Å². The molecule has 1 aromatic carbocycles. The quantitative estimate of drug-likeness (QED) is 0.784. The van der Waals surface area contributed by atoms with Crippen molar-refractivity contribution in [3.63, 3.8) is 0 Å². The van der Waals surface area contributed by atoms with Crippen molar-refractivity contribution in [1.29, 1.82) is 0 Å². The van der Waals surface area contributed by atoms with E-state index in [-0.39, 0.29) is 12.2 Å². The first-order valence-electron chi connectivity index (χ1n) is 5.93. The fourth-order valence-electron chi connectivity index (χ4n) is 1.55. The number of benzene rings is 1. The van der Waals surface area contributed by atoms with Crippen LogP contribution in [0.3, 0.4) is 0 Å². The van der Waals surface area contributed by atoms with Gasteiger partial charge in [0.15, 0.2) is 0 Å². The molecule has 0 bridgehead atoms. The normalized spacial score (nSPS) is 11.8. The summed E-state index contributed by atoms with van der Waals surface area (Å²) in [5.41, 5.74) is 1.08. The molecule has 0 aliphatic heterocycles. The second kappa shape index (κ2) is 7.25. The summed E-state index contributed by atoms with van der Waals surface area (Å²) in [6.07, 6.45) is -4.30. The second-order valence-corrected chi connectivity index (χ2v) is 4.41. The van der Waals surface area contributed by atoms with E-state index in [2.05, 4.69) is 4.74 Å². The Morgan fingerprint density at radius 3 is 2.40 bits per heavy atom. The van der Waals surface area contributed by atoms with E-state index in [1.54, 1.807) is 24.1 Å². The predicted molar refractivity (Wildman–Crippen MR) is 66.6 cm³/mol. The zero-order chi connectivity index (χ0) is 15.2. The summed E-state index contributed by atoms with van der Waals surface area (Å²) in [5, 5.41) is 8.75. The van der Waals surface area contributed by atoms with Crippen LogP contribution in [0.4, 0.5) is 13.2 Å². The molecule has 0 atom stereocenters. The largest absolute Gasteiger partial charge is 0.478 e. The molecule has 0 aromatic heterocycles. The van der Waals surface area contributed by atoms with Crippen LogP contribution >= 0.6 is 0 Å². The fourth-order valence-corrected chi connectivity index (χ4v) is 1.55. The Hall–Kier alpha value is -1.60. The van der Waals surface area contributed by atoms with Crippen LogP contribution in [0.2, 0.25) is 0 Å². The van der Waals surface area contributed by atoms with Gasteiger partial charge in [-0.2, -0.15) is 13.2 Å². The molecule has 0 saturated heterocycles. The molecule has 0 radical (unpaired) electrons. The minimum Gasteiger partial charge on any atom is -0.478 e. The number of halogens is 3. The number of likely N-dealkylation sites (N-methyl/N-ethyl adjacent to an activating group) is 1. The van der Waals surface area contributed by atoms with E-state index in [1.807, 2.05) is 0 Å². The Balaban J connectivity index is 2.31. The minimum atomic E-state index is -4.30. The highest BCUT2D eigenvalue weighted by atomic mass is 19.4. The van der Waals surface area contributed by atoms with Crippen molar-refractivity contribution in [2.45, 2.75) is 12.7 Å². The summed E-state index contributed by atoms with van der Waals surface area (Å²) in [4.78, 5) is 12.5. The zero-order valence-electron chi connectivity index (χ0n) is 11.0. The van der Waals surface area contributed by atoms with Gasteiger partial charge in [0.25, 0.3) is 0 Å². The van der Waals surface area contributed by atoms with Crippen molar-refractivity contribution >= 4 is 5.97 Å². The lowest BCUT2D eigenvalue weighted by Gasteiger charge is -2.17. The van der Waals surface area contributed by atoms with Crippen LogP contribution in [0.1, 0.15) is 15.9 Å². The lowest BCUT2D eigenvalue weighted by molar-refractivity contribution is -0.174. The Labute approximate surface area is 114 Å². The monoisotopic (exact) mass is 291 g/mol. The molecule has 0 spiro atoms. The maximum atomic E-state index is 11.8. The lowest BCUT2D eigenvalue weighted by atomic mass is 10.1. The minimum absolute atomic E-state index is 0.0107. The number of hydrogen-bond donors (Lipinski definition) is 1. The third-order valence-electron chi connectivity index (χ3n) is 2.54. The molecule has 1 N–H and O–H groups in total. The fraction of sp³-hybridized carbons (Fsp3) is 0.462. The van der Waals surface area contributed by atoms with E-state index in [0.29, 0.717) is 13.1 Å². The van der Waals surface area contributed by atoms with Crippen molar-refractivity contribution < 1.29 is 27.8 Å². The number of aromatic carboxylic acids is 1. The van der Waals surface area contributed by atoms with Gasteiger partial charge in [0, 0.05) is 13.1 Å². The Morgan fingerprint density at radius 2 is 1.90 bits per heavy atom. The van der Waals surface area contributed by atoms with E-state index in [4.69, 9.17) is 5.11 Å². The van der Waals surface area contributed by atoms with Crippen LogP contribution < -0.4 is 0 Å². The molecule has 1 rings (SSSR count). The van der Waals surface area contributed by atoms with Gasteiger partial charge in [-0.3, -0.25) is 4.90 Å². The molecule has 7 heteroatoms. The van der Waals surface area contributed by atoms with Crippen LogP contribution in [0.5, 0.6) is 0 Å². The highest BCUT2D eigenvalue weighted by Gasteiger charge is 2.27. The van der Waals surface area contributed by atoms with Gasteiger partial charge in [-0.15, -0.1) is 0 Å². The van der Waals surface area contributed by atoms with E-state index in [1.165, 1.54) is 12.1 Å².